The molecule has 83 heavy (non-hydrogen) atoms. The van der Waals surface area contributed by atoms with Gasteiger partial charge in [0.15, 0.2) is 0 Å². The number of amidine groups is 1. The summed E-state index contributed by atoms with van der Waals surface area (Å²) in [4.78, 5) is 111. The second kappa shape index (κ2) is 31.3. The average Bonchev–Trinajstić information content (AvgIpc) is 3.31. The van der Waals surface area contributed by atoms with Crippen LogP contribution in [0.3, 0.4) is 0 Å². The zero-order valence-electron chi connectivity index (χ0n) is 53.8. The Morgan fingerprint density at radius 2 is 0.976 bits per heavy atom. The number of nitrogens with one attached hydrogen (secondary N) is 2. The zero-order valence-corrected chi connectivity index (χ0v) is 53.8. The average molecular weight is 1170 g/mol. The van der Waals surface area contributed by atoms with E-state index in [9.17, 15) is 33.6 Å². The molecule has 0 saturated carbocycles. The van der Waals surface area contributed by atoms with Crippen LogP contribution in [0.15, 0.2) is 39.2 Å². The van der Waals surface area contributed by atoms with E-state index in [2.05, 4.69) is 20.6 Å². The Bertz CT molecular complexity index is 2380. The molecule has 1 unspecified atom stereocenters. The number of amides is 6. The van der Waals surface area contributed by atoms with Crippen molar-refractivity contribution in [1.29, 1.82) is 0 Å². The van der Waals surface area contributed by atoms with Gasteiger partial charge < -0.3 is 37.9 Å². The summed E-state index contributed by atoms with van der Waals surface area (Å²) in [5.74, 6) is -0.169. The van der Waals surface area contributed by atoms with Crippen LogP contribution in [0.25, 0.3) is 0 Å². The third-order valence-electron chi connectivity index (χ3n) is 10.4. The minimum atomic E-state index is -1.04. The van der Waals surface area contributed by atoms with Crippen LogP contribution in [-0.2, 0) is 38.0 Å². The fraction of sp³-hybridized carbons (Fsp3) is 0.733. The SMILES string of the molecule is CC(C)(C)OC(=O)CC1CN=C(c2ccc(OCCCCN(C(=O)OC(C)(C)C)C(=NC(=O)OC(C)(C)C)N(CCCCCCCCN=C(NC(=O)OC(C)(C)C)NC(=O)OC(C)(C)C)C(=O)OC(C)(C)C)cc2)N(C(=O)OC(C)(C)C)C1. The van der Waals surface area contributed by atoms with Gasteiger partial charge in [-0.1, -0.05) is 25.7 Å². The quantitative estimate of drug-likeness (QED) is 0.0455. The fourth-order valence-corrected chi connectivity index (χ4v) is 7.44. The van der Waals surface area contributed by atoms with Gasteiger partial charge in [-0.25, -0.2) is 38.6 Å². The Balaban J connectivity index is 2.33. The molecule has 0 radical (unpaired) electrons. The molecule has 6 amide bonds. The Morgan fingerprint density at radius 3 is 1.43 bits per heavy atom. The normalized spacial score (nSPS) is 14.5. The maximum atomic E-state index is 14.3. The molecule has 23 nitrogen and oxygen atoms in total. The predicted molar refractivity (Wildman–Crippen MR) is 318 cm³/mol. The number of unbranched alkanes of at least 4 members (excludes halogenated alkanes) is 6. The Labute approximate surface area is 493 Å². The lowest BCUT2D eigenvalue weighted by Gasteiger charge is -2.34. The van der Waals surface area contributed by atoms with Gasteiger partial charge in [-0.2, -0.15) is 0 Å². The summed E-state index contributed by atoms with van der Waals surface area (Å²) in [5, 5.41) is 4.97. The number of carbonyl (C=O) groups excluding carboxylic acids is 7. The largest absolute Gasteiger partial charge is 0.494 e. The highest BCUT2D eigenvalue weighted by atomic mass is 16.6. The highest BCUT2D eigenvalue weighted by molar-refractivity contribution is 6.07. The minimum absolute atomic E-state index is 0.00386. The monoisotopic (exact) mass is 1170 g/mol. The number of carbonyl (C=O) groups is 7. The highest BCUT2D eigenvalue weighted by Gasteiger charge is 2.37. The number of rotatable bonds is 18. The highest BCUT2D eigenvalue weighted by Crippen LogP contribution is 2.25. The van der Waals surface area contributed by atoms with Crippen molar-refractivity contribution in [2.75, 3.05) is 39.3 Å². The number of esters is 1. The van der Waals surface area contributed by atoms with Gasteiger partial charge in [0, 0.05) is 44.2 Å². The molecule has 1 atom stereocenters. The van der Waals surface area contributed by atoms with Gasteiger partial charge in [-0.15, -0.1) is 4.99 Å². The predicted octanol–water partition coefficient (Wildman–Crippen LogP) is 12.7. The molecular formula is C60H100N8O15. The zero-order chi connectivity index (χ0) is 63.4. The van der Waals surface area contributed by atoms with Crippen LogP contribution in [0.4, 0.5) is 28.8 Å². The molecule has 0 fully saturated rings. The minimum Gasteiger partial charge on any atom is -0.494 e. The molecule has 1 aromatic carbocycles. The van der Waals surface area contributed by atoms with E-state index in [-0.39, 0.29) is 63.0 Å². The summed E-state index contributed by atoms with van der Waals surface area (Å²) in [6, 6.07) is 7.07. The van der Waals surface area contributed by atoms with Crippen LogP contribution >= 0.6 is 0 Å². The summed E-state index contributed by atoms with van der Waals surface area (Å²) in [7, 11) is 0. The smallest absolute Gasteiger partial charge is 0.437 e. The first-order valence-corrected chi connectivity index (χ1v) is 28.7. The van der Waals surface area contributed by atoms with Crippen molar-refractivity contribution in [3.05, 3.63) is 29.8 Å². The van der Waals surface area contributed by atoms with Crippen molar-refractivity contribution in [3.8, 4) is 5.75 Å². The van der Waals surface area contributed by atoms with Gasteiger partial charge in [0.2, 0.25) is 11.9 Å². The van der Waals surface area contributed by atoms with Gasteiger partial charge >= 0.3 is 42.5 Å². The number of guanidine groups is 2. The number of ether oxygens (including phenoxy) is 8. The van der Waals surface area contributed by atoms with E-state index in [4.69, 9.17) is 42.9 Å². The molecule has 1 aliphatic heterocycles. The van der Waals surface area contributed by atoms with Crippen LogP contribution < -0.4 is 15.4 Å². The van der Waals surface area contributed by atoms with Crippen molar-refractivity contribution in [3.63, 3.8) is 0 Å². The molecule has 0 aromatic heterocycles. The van der Waals surface area contributed by atoms with Crippen molar-refractivity contribution in [1.82, 2.24) is 25.3 Å². The van der Waals surface area contributed by atoms with Crippen LogP contribution in [0, 0.1) is 5.92 Å². The van der Waals surface area contributed by atoms with Crippen LogP contribution in [0.5, 0.6) is 5.75 Å². The van der Waals surface area contributed by atoms with Crippen molar-refractivity contribution in [2.24, 2.45) is 20.9 Å². The lowest BCUT2D eigenvalue weighted by atomic mass is 10.0. The maximum Gasteiger partial charge on any atom is 0.437 e. The summed E-state index contributed by atoms with van der Waals surface area (Å²) >= 11 is 0. The molecule has 2 rings (SSSR count). The van der Waals surface area contributed by atoms with E-state index in [1.165, 1.54) is 9.80 Å². The lowest BCUT2D eigenvalue weighted by Crippen LogP contribution is -2.53. The molecule has 2 N–H and O–H groups in total. The molecule has 23 heteroatoms. The summed E-state index contributed by atoms with van der Waals surface area (Å²) in [5.41, 5.74) is -5.29. The van der Waals surface area contributed by atoms with E-state index >= 15 is 0 Å². The first kappa shape index (κ1) is 72.4. The third-order valence-corrected chi connectivity index (χ3v) is 10.4. The molecular weight excluding hydrogens is 1070 g/mol. The summed E-state index contributed by atoms with van der Waals surface area (Å²) < 4.78 is 45.4. The van der Waals surface area contributed by atoms with Gasteiger partial charge in [0.05, 0.1) is 13.0 Å². The Morgan fingerprint density at radius 1 is 0.542 bits per heavy atom. The second-order valence-corrected chi connectivity index (χ2v) is 27.3. The number of aliphatic imine (C=N–C) groups is 3. The first-order valence-electron chi connectivity index (χ1n) is 28.7. The van der Waals surface area contributed by atoms with Crippen LogP contribution in [0.1, 0.15) is 209 Å². The van der Waals surface area contributed by atoms with Crippen molar-refractivity contribution in [2.45, 2.75) is 242 Å². The number of nitrogens with zero attached hydrogens (tertiary/aromatic N) is 6. The molecule has 470 valence electrons. The topological polar surface area (TPSA) is 264 Å². The molecule has 1 heterocycles. The third kappa shape index (κ3) is 32.7. The van der Waals surface area contributed by atoms with E-state index in [1.54, 1.807) is 170 Å². The van der Waals surface area contributed by atoms with Crippen LogP contribution in [-0.4, -0.2) is 154 Å². The Hall–Kier alpha value is -6.68. The van der Waals surface area contributed by atoms with Gasteiger partial charge in [-0.3, -0.25) is 30.3 Å². The van der Waals surface area contributed by atoms with E-state index in [1.807, 2.05) is 0 Å². The molecule has 0 saturated heterocycles. The van der Waals surface area contributed by atoms with E-state index in [0.717, 1.165) is 24.2 Å². The van der Waals surface area contributed by atoms with Gasteiger partial charge in [-0.05, 0) is 195 Å². The van der Waals surface area contributed by atoms with Gasteiger partial charge in [0.25, 0.3) is 0 Å². The first-order chi connectivity index (χ1) is 37.9. The molecule has 1 aromatic rings. The number of hydrogen-bond donors (Lipinski definition) is 2. The van der Waals surface area contributed by atoms with Crippen molar-refractivity contribution >= 4 is 60.3 Å². The standard InChI is InChI=1S/C60H100N8O15/c1-54(2,3)77-44(69)38-41-39-62-45(68(40-41)53(75)83-60(19,20)21)42-30-32-43(33-31-42)76-37-29-28-36-67(52(74)82-59(16,17)18)47(65-50(72)80-57(10,11)12)66(51(73)81-58(13,14)15)35-27-25-23-22-24-26-34-61-46(63-48(70)78-55(4,5)6)64-49(71)79-56(7,8)9/h30-33,41H,22-29,34-40H2,1-21H3,(H2,61,63,64,70,71). The summed E-state index contributed by atoms with van der Waals surface area (Å²) in [6.07, 6.45) is -0.213. The summed E-state index contributed by atoms with van der Waals surface area (Å²) in [6.45, 7) is 37.2. The maximum absolute atomic E-state index is 14.3. The van der Waals surface area contributed by atoms with Gasteiger partial charge in [0.1, 0.15) is 50.8 Å². The second-order valence-electron chi connectivity index (χ2n) is 27.3. The van der Waals surface area contributed by atoms with Crippen LogP contribution in [0.2, 0.25) is 0 Å². The molecule has 1 aliphatic rings. The molecule has 0 bridgehead atoms. The lowest BCUT2D eigenvalue weighted by molar-refractivity contribution is -0.156. The number of hydrogen-bond acceptors (Lipinski definition) is 17. The number of alkyl carbamates (subject to hydrolysis) is 2. The Kier molecular flexibility index (Phi) is 27.3. The van der Waals surface area contributed by atoms with E-state index in [0.29, 0.717) is 55.8 Å². The van der Waals surface area contributed by atoms with Crippen molar-refractivity contribution < 1.29 is 71.5 Å². The molecule has 0 spiro atoms. The van der Waals surface area contributed by atoms with E-state index < -0.39 is 75.8 Å². The fourth-order valence-electron chi connectivity index (χ4n) is 7.44. The number of benzene rings is 1. The molecule has 0 aliphatic carbocycles.